The molecule has 2 heterocycles. The molecule has 0 fully saturated rings. The van der Waals surface area contributed by atoms with Gasteiger partial charge in [-0.1, -0.05) is 32.6 Å². The van der Waals surface area contributed by atoms with Crippen molar-refractivity contribution in [1.82, 2.24) is 9.97 Å². The van der Waals surface area contributed by atoms with Crippen LogP contribution in [0.1, 0.15) is 50.3 Å². The second-order valence-corrected chi connectivity index (χ2v) is 7.29. The van der Waals surface area contributed by atoms with Crippen molar-refractivity contribution in [3.05, 3.63) is 38.9 Å². The zero-order valence-electron chi connectivity index (χ0n) is 14.0. The Kier molecular flexibility index (Phi) is 8.20. The second-order valence-electron chi connectivity index (χ2n) is 5.72. The number of unbranched alkanes of at least 4 members (excludes halogenated alkanes) is 4. The number of anilines is 1. The fraction of sp³-hybridized carbons (Fsp3) is 0.500. The SMILES string of the molecule is CCCCCCCN(CCc1cs[c]n1)c1ncc(Br)cc1C#N. The minimum atomic E-state index is 0.614. The number of pyridine rings is 1. The molecule has 0 N–H and O–H groups in total. The fourth-order valence-corrected chi connectivity index (χ4v) is 3.43. The number of thiazole rings is 1. The summed E-state index contributed by atoms with van der Waals surface area (Å²) in [6, 6.07) is 4.10. The van der Waals surface area contributed by atoms with E-state index in [2.05, 4.69) is 49.3 Å². The van der Waals surface area contributed by atoms with E-state index >= 15 is 0 Å². The van der Waals surface area contributed by atoms with E-state index in [0.717, 1.165) is 41.9 Å². The molecule has 0 saturated heterocycles. The lowest BCUT2D eigenvalue weighted by atomic mass is 10.1. The lowest BCUT2D eigenvalue weighted by Crippen LogP contribution is -2.28. The Bertz CT molecular complexity index is 652. The zero-order valence-corrected chi connectivity index (χ0v) is 16.4. The number of halogens is 1. The molecule has 2 aromatic heterocycles. The van der Waals surface area contributed by atoms with Gasteiger partial charge in [-0.05, 0) is 28.4 Å². The van der Waals surface area contributed by atoms with Crippen LogP contribution in [-0.4, -0.2) is 23.1 Å². The summed E-state index contributed by atoms with van der Waals surface area (Å²) in [5, 5.41) is 11.5. The average molecular weight is 406 g/mol. The van der Waals surface area contributed by atoms with Gasteiger partial charge in [0, 0.05) is 35.6 Å². The molecule has 24 heavy (non-hydrogen) atoms. The summed E-state index contributed by atoms with van der Waals surface area (Å²) in [5.74, 6) is 0.774. The van der Waals surface area contributed by atoms with Crippen molar-refractivity contribution in [1.29, 1.82) is 5.26 Å². The molecule has 0 unspecified atom stereocenters. The van der Waals surface area contributed by atoms with E-state index in [0.29, 0.717) is 5.56 Å². The van der Waals surface area contributed by atoms with Crippen molar-refractivity contribution in [3.8, 4) is 6.07 Å². The Labute approximate surface area is 156 Å². The lowest BCUT2D eigenvalue weighted by Gasteiger charge is -2.24. The molecule has 0 aliphatic heterocycles. The quantitative estimate of drug-likeness (QED) is 0.522. The maximum Gasteiger partial charge on any atom is 0.152 e. The molecule has 0 bridgehead atoms. The number of nitriles is 1. The zero-order chi connectivity index (χ0) is 17.2. The largest absolute Gasteiger partial charge is 0.355 e. The van der Waals surface area contributed by atoms with E-state index in [1.807, 2.05) is 11.4 Å². The summed E-state index contributed by atoms with van der Waals surface area (Å²) < 4.78 is 0.833. The average Bonchev–Trinajstić information content (AvgIpc) is 3.11. The van der Waals surface area contributed by atoms with Gasteiger partial charge in [0.15, 0.2) is 5.51 Å². The highest BCUT2D eigenvalue weighted by Gasteiger charge is 2.14. The van der Waals surface area contributed by atoms with Gasteiger partial charge in [0.05, 0.1) is 11.3 Å². The summed E-state index contributed by atoms with van der Waals surface area (Å²) in [4.78, 5) is 10.9. The van der Waals surface area contributed by atoms with Crippen LogP contribution in [-0.2, 0) is 6.42 Å². The van der Waals surface area contributed by atoms with Gasteiger partial charge < -0.3 is 4.90 Å². The summed E-state index contributed by atoms with van der Waals surface area (Å²) >= 11 is 4.89. The van der Waals surface area contributed by atoms with E-state index in [4.69, 9.17) is 0 Å². The van der Waals surface area contributed by atoms with Gasteiger partial charge in [0.25, 0.3) is 0 Å². The van der Waals surface area contributed by atoms with Crippen molar-refractivity contribution >= 4 is 33.1 Å². The van der Waals surface area contributed by atoms with Gasteiger partial charge in [-0.15, -0.1) is 11.3 Å². The lowest BCUT2D eigenvalue weighted by molar-refractivity contribution is 0.614. The Hall–Kier alpha value is -1.45. The van der Waals surface area contributed by atoms with Gasteiger partial charge in [0.2, 0.25) is 0 Å². The molecule has 2 rings (SSSR count). The van der Waals surface area contributed by atoms with Crippen LogP contribution >= 0.6 is 27.3 Å². The molecule has 0 aliphatic carbocycles. The molecular formula is C18H22BrN4S. The van der Waals surface area contributed by atoms with Crippen molar-refractivity contribution < 1.29 is 0 Å². The van der Waals surface area contributed by atoms with E-state index in [-0.39, 0.29) is 0 Å². The Morgan fingerprint density at radius 1 is 1.29 bits per heavy atom. The minimum absolute atomic E-state index is 0.614. The third-order valence-corrected chi connectivity index (χ3v) is 4.88. The van der Waals surface area contributed by atoms with Crippen molar-refractivity contribution in [2.75, 3.05) is 18.0 Å². The first-order valence-electron chi connectivity index (χ1n) is 8.35. The van der Waals surface area contributed by atoms with E-state index in [1.54, 1.807) is 6.20 Å². The monoisotopic (exact) mass is 405 g/mol. The molecule has 1 radical (unpaired) electrons. The van der Waals surface area contributed by atoms with Crippen LogP contribution in [0.2, 0.25) is 0 Å². The minimum Gasteiger partial charge on any atom is -0.355 e. The Balaban J connectivity index is 2.05. The van der Waals surface area contributed by atoms with Crippen LogP contribution in [0, 0.1) is 16.8 Å². The molecule has 0 atom stereocenters. The molecule has 0 amide bonds. The number of nitrogens with zero attached hydrogens (tertiary/aromatic N) is 4. The Morgan fingerprint density at radius 2 is 2.12 bits per heavy atom. The number of hydrogen-bond acceptors (Lipinski definition) is 5. The van der Waals surface area contributed by atoms with Gasteiger partial charge in [0.1, 0.15) is 11.9 Å². The molecule has 2 aromatic rings. The Morgan fingerprint density at radius 3 is 2.83 bits per heavy atom. The maximum atomic E-state index is 9.43. The number of rotatable bonds is 10. The summed E-state index contributed by atoms with van der Waals surface area (Å²) in [7, 11) is 0. The van der Waals surface area contributed by atoms with E-state index in [9.17, 15) is 5.26 Å². The maximum absolute atomic E-state index is 9.43. The summed E-state index contributed by atoms with van der Waals surface area (Å²) in [6.07, 6.45) is 8.74. The van der Waals surface area contributed by atoms with Gasteiger partial charge >= 0.3 is 0 Å². The fourth-order valence-electron chi connectivity index (χ4n) is 2.57. The molecule has 127 valence electrons. The molecule has 0 spiro atoms. The molecule has 0 saturated carbocycles. The number of aromatic nitrogens is 2. The normalized spacial score (nSPS) is 10.5. The van der Waals surface area contributed by atoms with Crippen LogP contribution in [0.3, 0.4) is 0 Å². The predicted molar refractivity (Wildman–Crippen MR) is 102 cm³/mol. The highest BCUT2D eigenvalue weighted by atomic mass is 79.9. The first-order chi connectivity index (χ1) is 11.7. The second kappa shape index (κ2) is 10.4. The van der Waals surface area contributed by atoms with Crippen molar-refractivity contribution in [2.45, 2.75) is 45.4 Å². The third kappa shape index (κ3) is 5.88. The molecule has 6 heteroatoms. The topological polar surface area (TPSA) is 52.8 Å². The predicted octanol–water partition coefficient (Wildman–Crippen LogP) is 4.99. The van der Waals surface area contributed by atoms with Crippen LogP contribution in [0.4, 0.5) is 5.82 Å². The van der Waals surface area contributed by atoms with Gasteiger partial charge in [-0.2, -0.15) is 5.26 Å². The molecule has 0 aliphatic rings. The molecular weight excluding hydrogens is 384 g/mol. The standard InChI is InChI=1S/C18H22BrN4S/c1-2-3-4-5-6-8-23(9-7-17-13-24-14-22-17)18-15(11-20)10-16(19)12-21-18/h10,12-13H,2-9H2,1H3. The van der Waals surface area contributed by atoms with Crippen LogP contribution in [0.5, 0.6) is 0 Å². The number of hydrogen-bond donors (Lipinski definition) is 0. The van der Waals surface area contributed by atoms with Gasteiger partial charge in [-0.3, -0.25) is 0 Å². The van der Waals surface area contributed by atoms with E-state index < -0.39 is 0 Å². The smallest absolute Gasteiger partial charge is 0.152 e. The first-order valence-corrected chi connectivity index (χ1v) is 10.0. The van der Waals surface area contributed by atoms with E-state index in [1.165, 1.54) is 37.0 Å². The van der Waals surface area contributed by atoms with Crippen LogP contribution in [0.25, 0.3) is 0 Å². The highest BCUT2D eigenvalue weighted by molar-refractivity contribution is 9.10. The first kappa shape index (κ1) is 18.9. The summed E-state index contributed by atoms with van der Waals surface area (Å²) in [6.45, 7) is 3.96. The van der Waals surface area contributed by atoms with Crippen LogP contribution in [0.15, 0.2) is 22.1 Å². The van der Waals surface area contributed by atoms with Gasteiger partial charge in [-0.25, -0.2) is 9.97 Å². The molecule has 0 aromatic carbocycles. The van der Waals surface area contributed by atoms with Crippen LogP contribution < -0.4 is 4.90 Å². The summed E-state index contributed by atoms with van der Waals surface area (Å²) in [5.41, 5.74) is 4.55. The third-order valence-electron chi connectivity index (χ3n) is 3.86. The highest BCUT2D eigenvalue weighted by Crippen LogP contribution is 2.22. The molecule has 4 nitrogen and oxygen atoms in total. The van der Waals surface area contributed by atoms with Crippen molar-refractivity contribution in [3.63, 3.8) is 0 Å². The van der Waals surface area contributed by atoms with Crippen molar-refractivity contribution in [2.24, 2.45) is 0 Å².